The van der Waals surface area contributed by atoms with Crippen LogP contribution in [0.1, 0.15) is 5.56 Å². The number of benzene rings is 2. The van der Waals surface area contributed by atoms with E-state index in [0.29, 0.717) is 0 Å². The van der Waals surface area contributed by atoms with Crippen LogP contribution in [0.2, 0.25) is 0 Å². The normalized spacial score (nSPS) is 10.7. The highest BCUT2D eigenvalue weighted by Gasteiger charge is 2.03. The van der Waals surface area contributed by atoms with Crippen LogP contribution in [0.5, 0.6) is 5.75 Å². The van der Waals surface area contributed by atoms with Gasteiger partial charge in [0.25, 0.3) is 0 Å². The Morgan fingerprint density at radius 1 is 1.11 bits per heavy atom. The number of aromatic nitrogens is 2. The SMILES string of the molecule is COc1ccc(Cn2[c]nc3ccccc32)cc1. The maximum Gasteiger partial charge on any atom is 0.177 e. The molecule has 1 radical (unpaired) electrons. The van der Waals surface area contributed by atoms with E-state index >= 15 is 0 Å². The number of nitrogens with zero attached hydrogens (tertiary/aromatic N) is 2. The zero-order valence-electron chi connectivity index (χ0n) is 10.1. The summed E-state index contributed by atoms with van der Waals surface area (Å²) < 4.78 is 7.17. The van der Waals surface area contributed by atoms with Gasteiger partial charge in [-0.1, -0.05) is 24.3 Å². The third-order valence-corrected chi connectivity index (χ3v) is 2.96. The van der Waals surface area contributed by atoms with Crippen LogP contribution in [-0.2, 0) is 6.54 Å². The molecule has 0 bridgehead atoms. The average molecular weight is 237 g/mol. The first-order valence-corrected chi connectivity index (χ1v) is 5.83. The summed E-state index contributed by atoms with van der Waals surface area (Å²) >= 11 is 0. The molecule has 89 valence electrons. The van der Waals surface area contributed by atoms with E-state index in [2.05, 4.69) is 29.5 Å². The van der Waals surface area contributed by atoms with Crippen LogP contribution >= 0.6 is 0 Å². The van der Waals surface area contributed by atoms with Crippen molar-refractivity contribution in [3.63, 3.8) is 0 Å². The van der Waals surface area contributed by atoms with Gasteiger partial charge in [-0.3, -0.25) is 0 Å². The van der Waals surface area contributed by atoms with Gasteiger partial charge in [-0.25, -0.2) is 4.98 Å². The second-order valence-corrected chi connectivity index (χ2v) is 4.13. The van der Waals surface area contributed by atoms with Crippen LogP contribution < -0.4 is 4.74 Å². The Bertz CT molecular complexity index is 656. The van der Waals surface area contributed by atoms with Gasteiger partial charge < -0.3 is 9.30 Å². The van der Waals surface area contributed by atoms with Gasteiger partial charge in [0, 0.05) is 6.54 Å². The maximum atomic E-state index is 5.15. The van der Waals surface area contributed by atoms with Crippen molar-refractivity contribution < 1.29 is 4.74 Å². The van der Waals surface area contributed by atoms with E-state index in [1.807, 2.05) is 34.9 Å². The van der Waals surface area contributed by atoms with Crippen molar-refractivity contribution >= 4 is 11.0 Å². The minimum atomic E-state index is 0.768. The lowest BCUT2D eigenvalue weighted by Gasteiger charge is -2.05. The summed E-state index contributed by atoms with van der Waals surface area (Å²) in [5, 5.41) is 0. The summed E-state index contributed by atoms with van der Waals surface area (Å²) in [4.78, 5) is 4.26. The fourth-order valence-electron chi connectivity index (χ4n) is 1.99. The van der Waals surface area contributed by atoms with Gasteiger partial charge in [-0.2, -0.15) is 0 Å². The molecule has 0 spiro atoms. The Kier molecular flexibility index (Phi) is 2.73. The highest BCUT2D eigenvalue weighted by molar-refractivity contribution is 5.74. The van der Waals surface area contributed by atoms with Crippen LogP contribution in [0.3, 0.4) is 0 Å². The van der Waals surface area contributed by atoms with E-state index in [4.69, 9.17) is 4.74 Å². The molecule has 1 heterocycles. The smallest absolute Gasteiger partial charge is 0.177 e. The zero-order valence-corrected chi connectivity index (χ0v) is 10.1. The molecule has 2 aromatic carbocycles. The number of rotatable bonds is 3. The third-order valence-electron chi connectivity index (χ3n) is 2.96. The predicted octanol–water partition coefficient (Wildman–Crippen LogP) is 2.89. The van der Waals surface area contributed by atoms with Gasteiger partial charge >= 0.3 is 0 Å². The lowest BCUT2D eigenvalue weighted by atomic mass is 10.2. The van der Waals surface area contributed by atoms with Gasteiger partial charge in [-0.05, 0) is 29.8 Å². The van der Waals surface area contributed by atoms with Gasteiger partial charge in [0.2, 0.25) is 0 Å². The monoisotopic (exact) mass is 237 g/mol. The van der Waals surface area contributed by atoms with Crippen molar-refractivity contribution in [2.45, 2.75) is 6.54 Å². The first-order chi connectivity index (χ1) is 8.86. The van der Waals surface area contributed by atoms with Crippen LogP contribution in [0.4, 0.5) is 0 Å². The van der Waals surface area contributed by atoms with Crippen LogP contribution in [0.15, 0.2) is 48.5 Å². The van der Waals surface area contributed by atoms with Gasteiger partial charge in [0.15, 0.2) is 6.33 Å². The molecular weight excluding hydrogens is 224 g/mol. The molecule has 3 rings (SSSR count). The molecule has 0 fully saturated rings. The minimum absolute atomic E-state index is 0.768. The molecule has 3 aromatic rings. The van der Waals surface area contributed by atoms with Crippen molar-refractivity contribution in [1.82, 2.24) is 9.55 Å². The first kappa shape index (κ1) is 10.8. The molecule has 0 aliphatic rings. The Labute approximate surface area is 106 Å². The quantitative estimate of drug-likeness (QED) is 0.700. The summed E-state index contributed by atoms with van der Waals surface area (Å²) in [6.45, 7) is 0.768. The maximum absolute atomic E-state index is 5.15. The molecule has 0 unspecified atom stereocenters. The molecular formula is C15H13N2O. The predicted molar refractivity (Wildman–Crippen MR) is 70.7 cm³/mol. The molecule has 1 aromatic heterocycles. The average Bonchev–Trinajstić information content (AvgIpc) is 2.83. The standard InChI is InChI=1S/C15H13N2O/c1-18-13-8-6-12(7-9-13)10-17-11-16-14-4-2-3-5-15(14)17/h2-9H,10H2,1H3. The van der Waals surface area contributed by atoms with E-state index in [0.717, 1.165) is 23.3 Å². The number of imidazole rings is 1. The van der Waals surface area contributed by atoms with Crippen LogP contribution in [-0.4, -0.2) is 16.7 Å². The fourth-order valence-corrected chi connectivity index (χ4v) is 1.99. The second kappa shape index (κ2) is 4.53. The summed E-state index contributed by atoms with van der Waals surface area (Å²) in [6, 6.07) is 16.1. The molecule has 0 saturated heterocycles. The van der Waals surface area contributed by atoms with Crippen LogP contribution in [0.25, 0.3) is 11.0 Å². The molecule has 18 heavy (non-hydrogen) atoms. The van der Waals surface area contributed by atoms with E-state index < -0.39 is 0 Å². The van der Waals surface area contributed by atoms with Gasteiger partial charge in [-0.15, -0.1) is 0 Å². The number of fused-ring (bicyclic) bond motifs is 1. The highest BCUT2D eigenvalue weighted by atomic mass is 16.5. The summed E-state index contributed by atoms with van der Waals surface area (Å²) in [5.41, 5.74) is 3.29. The highest BCUT2D eigenvalue weighted by Crippen LogP contribution is 2.16. The van der Waals surface area contributed by atoms with E-state index in [9.17, 15) is 0 Å². The third kappa shape index (κ3) is 1.95. The molecule has 0 atom stereocenters. The fraction of sp³-hybridized carbons (Fsp3) is 0.133. The van der Waals surface area contributed by atoms with Crippen molar-refractivity contribution in [1.29, 1.82) is 0 Å². The number of hydrogen-bond donors (Lipinski definition) is 0. The lowest BCUT2D eigenvalue weighted by Crippen LogP contribution is -1.98. The first-order valence-electron chi connectivity index (χ1n) is 5.83. The van der Waals surface area contributed by atoms with Crippen molar-refractivity contribution in [2.24, 2.45) is 0 Å². The largest absolute Gasteiger partial charge is 0.497 e. The molecule has 3 heteroatoms. The zero-order chi connectivity index (χ0) is 12.4. The minimum Gasteiger partial charge on any atom is -0.497 e. The molecule has 0 N–H and O–H groups in total. The summed E-state index contributed by atoms with van der Waals surface area (Å²) in [6.07, 6.45) is 3.03. The molecule has 0 amide bonds. The van der Waals surface area contributed by atoms with Gasteiger partial charge in [0.1, 0.15) is 5.75 Å². The Morgan fingerprint density at radius 2 is 1.89 bits per heavy atom. The van der Waals surface area contributed by atoms with Crippen molar-refractivity contribution in [3.8, 4) is 5.75 Å². The summed E-state index contributed by atoms with van der Waals surface area (Å²) in [5.74, 6) is 0.873. The molecule has 3 nitrogen and oxygen atoms in total. The molecule has 0 aliphatic heterocycles. The lowest BCUT2D eigenvalue weighted by molar-refractivity contribution is 0.414. The molecule has 0 aliphatic carbocycles. The number of ether oxygens (including phenoxy) is 1. The van der Waals surface area contributed by atoms with Gasteiger partial charge in [0.05, 0.1) is 18.1 Å². The van der Waals surface area contributed by atoms with Crippen molar-refractivity contribution in [2.75, 3.05) is 7.11 Å². The Hall–Kier alpha value is -2.29. The van der Waals surface area contributed by atoms with Crippen LogP contribution in [0, 0.1) is 6.33 Å². The Balaban J connectivity index is 1.91. The van der Waals surface area contributed by atoms with Crippen molar-refractivity contribution in [3.05, 3.63) is 60.4 Å². The number of methoxy groups -OCH3 is 1. The van der Waals surface area contributed by atoms with E-state index in [1.165, 1.54) is 5.56 Å². The number of hydrogen-bond acceptors (Lipinski definition) is 2. The topological polar surface area (TPSA) is 27.1 Å². The second-order valence-electron chi connectivity index (χ2n) is 4.13. The summed E-state index contributed by atoms with van der Waals surface area (Å²) in [7, 11) is 1.67. The number of para-hydroxylation sites is 2. The molecule has 0 saturated carbocycles. The van der Waals surface area contributed by atoms with E-state index in [-0.39, 0.29) is 0 Å². The Morgan fingerprint density at radius 3 is 2.67 bits per heavy atom. The van der Waals surface area contributed by atoms with E-state index in [1.54, 1.807) is 7.11 Å².